The predicted molar refractivity (Wildman–Crippen MR) is 115 cm³/mol. The van der Waals surface area contributed by atoms with Crippen LogP contribution >= 0.6 is 0 Å². The maximum Gasteiger partial charge on any atom is 0.253 e. The smallest absolute Gasteiger partial charge is 0.253 e. The monoisotopic (exact) mass is 384 g/mol. The summed E-state index contributed by atoms with van der Waals surface area (Å²) in [5.41, 5.74) is 3.67. The maximum absolute atomic E-state index is 13.2. The molecule has 0 spiro atoms. The van der Waals surface area contributed by atoms with Crippen molar-refractivity contribution in [1.82, 2.24) is 9.88 Å². The highest BCUT2D eigenvalue weighted by molar-refractivity contribution is 6.00. The molecule has 1 fully saturated rings. The number of hydrogen-bond donors (Lipinski definition) is 0. The number of carbonyl (C=O) groups excluding carboxylic acids is 1. The first-order valence-electron chi connectivity index (χ1n) is 10.2. The van der Waals surface area contributed by atoms with Gasteiger partial charge in [0.25, 0.3) is 5.91 Å². The number of hydrogen-bond acceptors (Lipinski definition) is 3. The van der Waals surface area contributed by atoms with Gasteiger partial charge < -0.3 is 9.64 Å². The molecular weight excluding hydrogens is 360 g/mol. The lowest BCUT2D eigenvalue weighted by Crippen LogP contribution is -2.29. The molecule has 1 aliphatic carbocycles. The van der Waals surface area contributed by atoms with Crippen molar-refractivity contribution in [1.29, 1.82) is 0 Å². The van der Waals surface area contributed by atoms with Crippen LogP contribution in [0, 0.1) is 11.8 Å². The molecule has 4 nitrogen and oxygen atoms in total. The third kappa shape index (κ3) is 3.19. The van der Waals surface area contributed by atoms with Crippen LogP contribution in [0.3, 0.4) is 0 Å². The molecule has 3 aromatic rings. The van der Waals surface area contributed by atoms with Gasteiger partial charge in [0.1, 0.15) is 11.3 Å². The van der Waals surface area contributed by atoms with Crippen molar-refractivity contribution in [2.24, 2.45) is 11.8 Å². The highest BCUT2D eigenvalue weighted by Crippen LogP contribution is 2.35. The molecule has 1 saturated heterocycles. The second-order valence-corrected chi connectivity index (χ2v) is 7.97. The number of rotatable bonds is 3. The molecule has 0 bridgehead atoms. The average Bonchev–Trinajstić information content (AvgIpc) is 3.22. The predicted octanol–water partition coefficient (Wildman–Crippen LogP) is 4.95. The molecular formula is C25H24N2O2. The van der Waals surface area contributed by atoms with Crippen molar-refractivity contribution < 1.29 is 9.53 Å². The Hall–Kier alpha value is -3.14. The van der Waals surface area contributed by atoms with Crippen LogP contribution in [0.1, 0.15) is 23.2 Å². The average molecular weight is 384 g/mol. The topological polar surface area (TPSA) is 42.4 Å². The number of aromatic nitrogens is 1. The van der Waals surface area contributed by atoms with Crippen molar-refractivity contribution in [2.75, 3.05) is 20.2 Å². The molecule has 0 N–H and O–H groups in total. The Morgan fingerprint density at radius 1 is 1.03 bits per heavy atom. The van der Waals surface area contributed by atoms with Gasteiger partial charge in [0.05, 0.1) is 7.11 Å². The van der Waals surface area contributed by atoms with E-state index in [1.807, 2.05) is 47.4 Å². The molecule has 2 aliphatic rings. The summed E-state index contributed by atoms with van der Waals surface area (Å²) in [5, 5.41) is 1.02. The van der Waals surface area contributed by atoms with E-state index >= 15 is 0 Å². The summed E-state index contributed by atoms with van der Waals surface area (Å²) < 4.78 is 5.47. The SMILES string of the molecule is COc1ccc(-c2cccc(C(=O)N3C[C@H]4CC=CC[C@H]4C3)c2)c2cccnc12. The van der Waals surface area contributed by atoms with E-state index in [4.69, 9.17) is 4.74 Å². The number of methoxy groups -OCH3 is 1. The Kier molecular flexibility index (Phi) is 4.55. The summed E-state index contributed by atoms with van der Waals surface area (Å²) >= 11 is 0. The van der Waals surface area contributed by atoms with Crippen LogP contribution in [0.25, 0.3) is 22.0 Å². The van der Waals surface area contributed by atoms with Gasteiger partial charge in [0.15, 0.2) is 0 Å². The van der Waals surface area contributed by atoms with Gasteiger partial charge in [-0.15, -0.1) is 0 Å². The molecule has 0 saturated carbocycles. The lowest BCUT2D eigenvalue weighted by Gasteiger charge is -2.17. The fourth-order valence-corrected chi connectivity index (χ4v) is 4.75. The van der Waals surface area contributed by atoms with Crippen LogP contribution in [0.4, 0.5) is 0 Å². The molecule has 0 unspecified atom stereocenters. The Morgan fingerprint density at radius 2 is 1.83 bits per heavy atom. The van der Waals surface area contributed by atoms with Gasteiger partial charge in [-0.25, -0.2) is 0 Å². The molecule has 2 atom stereocenters. The number of allylic oxidation sites excluding steroid dienone is 2. The molecule has 4 heteroatoms. The fourth-order valence-electron chi connectivity index (χ4n) is 4.75. The van der Waals surface area contributed by atoms with Crippen LogP contribution in [0.5, 0.6) is 5.75 Å². The van der Waals surface area contributed by atoms with Gasteiger partial charge in [0.2, 0.25) is 0 Å². The van der Waals surface area contributed by atoms with Crippen molar-refractivity contribution in [3.63, 3.8) is 0 Å². The highest BCUT2D eigenvalue weighted by Gasteiger charge is 2.35. The first-order valence-corrected chi connectivity index (χ1v) is 10.2. The Balaban J connectivity index is 1.48. The Labute approximate surface area is 170 Å². The molecule has 2 heterocycles. The van der Waals surface area contributed by atoms with E-state index in [9.17, 15) is 4.79 Å². The number of benzene rings is 2. The van der Waals surface area contributed by atoms with Crippen molar-refractivity contribution in [2.45, 2.75) is 12.8 Å². The molecule has 5 rings (SSSR count). The Morgan fingerprint density at radius 3 is 2.59 bits per heavy atom. The lowest BCUT2D eigenvalue weighted by atomic mass is 9.86. The van der Waals surface area contributed by atoms with E-state index in [-0.39, 0.29) is 5.91 Å². The molecule has 29 heavy (non-hydrogen) atoms. The van der Waals surface area contributed by atoms with Crippen LogP contribution in [0.15, 0.2) is 66.9 Å². The third-order valence-corrected chi connectivity index (χ3v) is 6.28. The van der Waals surface area contributed by atoms with E-state index in [1.165, 1.54) is 0 Å². The largest absolute Gasteiger partial charge is 0.494 e. The van der Waals surface area contributed by atoms with Crippen LogP contribution in [-0.4, -0.2) is 36.0 Å². The van der Waals surface area contributed by atoms with E-state index < -0.39 is 0 Å². The lowest BCUT2D eigenvalue weighted by molar-refractivity contribution is 0.0784. The minimum atomic E-state index is 0.136. The minimum Gasteiger partial charge on any atom is -0.494 e. The van der Waals surface area contributed by atoms with Crippen molar-refractivity contribution in [3.8, 4) is 16.9 Å². The van der Waals surface area contributed by atoms with E-state index in [1.54, 1.807) is 13.3 Å². The van der Waals surface area contributed by atoms with Crippen molar-refractivity contribution >= 4 is 16.8 Å². The van der Waals surface area contributed by atoms with Crippen LogP contribution < -0.4 is 4.74 Å². The number of amides is 1. The molecule has 1 aliphatic heterocycles. The zero-order valence-corrected chi connectivity index (χ0v) is 16.5. The van der Waals surface area contributed by atoms with E-state index in [2.05, 4.69) is 23.2 Å². The standard InChI is InChI=1S/C25H24N2O2/c1-29-23-12-11-21(22-10-5-13-26-24(22)23)17-8-4-9-18(14-17)25(28)27-15-19-6-2-3-7-20(19)16-27/h2-5,8-14,19-20H,6-7,15-16H2,1H3/t19-,20+. The highest BCUT2D eigenvalue weighted by atomic mass is 16.5. The molecule has 146 valence electrons. The van der Waals surface area contributed by atoms with Gasteiger partial charge in [-0.3, -0.25) is 9.78 Å². The summed E-state index contributed by atoms with van der Waals surface area (Å²) in [4.78, 5) is 19.7. The minimum absolute atomic E-state index is 0.136. The number of fused-ring (bicyclic) bond motifs is 2. The van der Waals surface area contributed by atoms with Crippen molar-refractivity contribution in [3.05, 3.63) is 72.4 Å². The summed E-state index contributed by atoms with van der Waals surface area (Å²) in [5.74, 6) is 2.12. The summed E-state index contributed by atoms with van der Waals surface area (Å²) in [6.45, 7) is 1.74. The van der Waals surface area contributed by atoms with Gasteiger partial charge in [-0.1, -0.05) is 30.4 Å². The fraction of sp³-hybridized carbons (Fsp3) is 0.280. The maximum atomic E-state index is 13.2. The zero-order valence-electron chi connectivity index (χ0n) is 16.5. The van der Waals surface area contributed by atoms with Crippen LogP contribution in [0.2, 0.25) is 0 Å². The number of ether oxygens (including phenoxy) is 1. The first-order chi connectivity index (χ1) is 14.2. The second kappa shape index (κ2) is 7.36. The summed E-state index contributed by atoms with van der Waals surface area (Å²) in [6.07, 6.45) is 8.49. The number of carbonyl (C=O) groups is 1. The van der Waals surface area contributed by atoms with Crippen LogP contribution in [-0.2, 0) is 0 Å². The van der Waals surface area contributed by atoms with Gasteiger partial charge in [-0.05, 0) is 66.1 Å². The number of pyridine rings is 1. The number of nitrogens with zero attached hydrogens (tertiary/aromatic N) is 2. The van der Waals surface area contributed by atoms with Gasteiger partial charge in [-0.2, -0.15) is 0 Å². The summed E-state index contributed by atoms with van der Waals surface area (Å²) in [7, 11) is 1.66. The molecule has 2 aromatic carbocycles. The first kappa shape index (κ1) is 17.9. The quantitative estimate of drug-likeness (QED) is 0.600. The third-order valence-electron chi connectivity index (χ3n) is 6.28. The van der Waals surface area contributed by atoms with E-state index in [0.717, 1.165) is 59.3 Å². The molecule has 1 amide bonds. The number of likely N-dealkylation sites (tertiary alicyclic amines) is 1. The molecule has 1 aromatic heterocycles. The normalized spacial score (nSPS) is 20.7. The van der Waals surface area contributed by atoms with E-state index in [0.29, 0.717) is 11.8 Å². The van der Waals surface area contributed by atoms with Gasteiger partial charge in [0, 0.05) is 30.2 Å². The Bertz CT molecular complexity index is 1090. The molecule has 0 radical (unpaired) electrons. The second-order valence-electron chi connectivity index (χ2n) is 7.97. The zero-order chi connectivity index (χ0) is 19.8. The summed E-state index contributed by atoms with van der Waals surface area (Å²) in [6, 6.07) is 15.9. The van der Waals surface area contributed by atoms with Gasteiger partial charge >= 0.3 is 0 Å².